The monoisotopic (exact) mass is 489 g/mol. The summed E-state index contributed by atoms with van der Waals surface area (Å²) in [6.07, 6.45) is 0.876. The number of ether oxygens (including phenoxy) is 2. The number of methoxy groups -OCH3 is 2. The molecular weight excluding hydrogens is 458 g/mol. The molecule has 1 saturated heterocycles. The van der Waals surface area contributed by atoms with Crippen molar-refractivity contribution in [3.8, 4) is 11.5 Å². The van der Waals surface area contributed by atoms with Gasteiger partial charge in [0.25, 0.3) is 0 Å². The molecule has 0 radical (unpaired) electrons. The van der Waals surface area contributed by atoms with E-state index >= 15 is 0 Å². The lowest BCUT2D eigenvalue weighted by Gasteiger charge is -2.17. The van der Waals surface area contributed by atoms with E-state index in [4.69, 9.17) is 9.47 Å². The minimum absolute atomic E-state index is 0.0105. The highest BCUT2D eigenvalue weighted by atomic mass is 16.5. The zero-order valence-corrected chi connectivity index (χ0v) is 21.0. The second kappa shape index (κ2) is 11.1. The Hall–Kier alpha value is -4.14. The number of amides is 2. The van der Waals surface area contributed by atoms with Gasteiger partial charge in [0.15, 0.2) is 11.5 Å². The zero-order chi connectivity index (χ0) is 25.7. The van der Waals surface area contributed by atoms with Gasteiger partial charge in [-0.3, -0.25) is 9.59 Å². The van der Waals surface area contributed by atoms with Gasteiger partial charge < -0.3 is 25.0 Å². The van der Waals surface area contributed by atoms with Crippen LogP contribution in [0.4, 0.5) is 17.3 Å². The van der Waals surface area contributed by atoms with Crippen molar-refractivity contribution in [3.63, 3.8) is 0 Å². The van der Waals surface area contributed by atoms with E-state index in [1.54, 1.807) is 19.1 Å². The first kappa shape index (κ1) is 25.0. The number of hydrogen-bond donors (Lipinski definition) is 2. The predicted octanol–water partition coefficient (Wildman–Crippen LogP) is 3.88. The summed E-state index contributed by atoms with van der Waals surface area (Å²) in [5.74, 6) is 1.30. The third kappa shape index (κ3) is 6.10. The van der Waals surface area contributed by atoms with Gasteiger partial charge in [-0.2, -0.15) is 0 Å². The number of rotatable bonds is 9. The van der Waals surface area contributed by atoms with Crippen LogP contribution in [0.25, 0.3) is 0 Å². The van der Waals surface area contributed by atoms with Crippen molar-refractivity contribution in [1.29, 1.82) is 0 Å². The fourth-order valence-corrected chi connectivity index (χ4v) is 4.26. The lowest BCUT2D eigenvalue weighted by Crippen LogP contribution is -2.30. The van der Waals surface area contributed by atoms with Gasteiger partial charge in [-0.25, -0.2) is 9.97 Å². The molecule has 0 saturated carbocycles. The minimum Gasteiger partial charge on any atom is -0.493 e. The molecule has 9 nitrogen and oxygen atoms in total. The van der Waals surface area contributed by atoms with E-state index < -0.39 is 0 Å². The summed E-state index contributed by atoms with van der Waals surface area (Å²) in [4.78, 5) is 35.9. The molecule has 3 aromatic rings. The van der Waals surface area contributed by atoms with Crippen LogP contribution in [0, 0.1) is 19.8 Å². The number of aromatic nitrogens is 2. The van der Waals surface area contributed by atoms with E-state index in [1.165, 1.54) is 0 Å². The first-order valence-electron chi connectivity index (χ1n) is 11.8. The molecule has 1 atom stereocenters. The first-order chi connectivity index (χ1) is 17.3. The number of anilines is 3. The Kier molecular flexibility index (Phi) is 7.68. The molecule has 1 aromatic heterocycles. The molecule has 2 N–H and O–H groups in total. The molecule has 2 amide bonds. The third-order valence-electron chi connectivity index (χ3n) is 6.09. The topological polar surface area (TPSA) is 106 Å². The quantitative estimate of drug-likeness (QED) is 0.470. The zero-order valence-electron chi connectivity index (χ0n) is 21.0. The molecule has 188 valence electrons. The maximum absolute atomic E-state index is 12.8. The molecule has 9 heteroatoms. The highest BCUT2D eigenvalue weighted by Gasteiger charge is 2.34. The smallest absolute Gasteiger partial charge is 0.229 e. The van der Waals surface area contributed by atoms with Gasteiger partial charge in [0.2, 0.25) is 17.8 Å². The Balaban J connectivity index is 1.30. The van der Waals surface area contributed by atoms with Crippen LogP contribution in [0.3, 0.4) is 0 Å². The van der Waals surface area contributed by atoms with E-state index in [9.17, 15) is 9.59 Å². The number of nitrogens with one attached hydrogen (secondary N) is 2. The largest absolute Gasteiger partial charge is 0.493 e. The number of carbonyl (C=O) groups excluding carboxylic acids is 2. The second-order valence-corrected chi connectivity index (χ2v) is 8.85. The van der Waals surface area contributed by atoms with Crippen molar-refractivity contribution >= 4 is 29.1 Å². The van der Waals surface area contributed by atoms with E-state index in [0.29, 0.717) is 42.6 Å². The molecule has 0 spiro atoms. The fraction of sp³-hybridized carbons (Fsp3) is 0.333. The number of likely N-dealkylation sites (tertiary alicyclic amines) is 1. The number of benzene rings is 2. The van der Waals surface area contributed by atoms with Crippen molar-refractivity contribution < 1.29 is 19.1 Å². The van der Waals surface area contributed by atoms with Gasteiger partial charge >= 0.3 is 0 Å². The lowest BCUT2D eigenvalue weighted by molar-refractivity contribution is -0.128. The minimum atomic E-state index is -0.385. The molecule has 1 aliphatic heterocycles. The molecule has 0 bridgehead atoms. The van der Waals surface area contributed by atoms with Crippen LogP contribution in [0.5, 0.6) is 11.5 Å². The maximum Gasteiger partial charge on any atom is 0.229 e. The van der Waals surface area contributed by atoms with Crippen molar-refractivity contribution in [2.45, 2.75) is 26.7 Å². The molecule has 0 aliphatic carbocycles. The van der Waals surface area contributed by atoms with E-state index in [-0.39, 0.29) is 24.2 Å². The van der Waals surface area contributed by atoms with Crippen LogP contribution < -0.4 is 20.1 Å². The van der Waals surface area contributed by atoms with Gasteiger partial charge in [-0.1, -0.05) is 6.07 Å². The number of hydrogen-bond acceptors (Lipinski definition) is 7. The van der Waals surface area contributed by atoms with E-state index in [1.807, 2.05) is 62.4 Å². The van der Waals surface area contributed by atoms with Crippen molar-refractivity contribution in [2.24, 2.45) is 5.92 Å². The van der Waals surface area contributed by atoms with Gasteiger partial charge in [0, 0.05) is 42.3 Å². The molecule has 2 heterocycles. The molecule has 1 fully saturated rings. The van der Waals surface area contributed by atoms with Gasteiger partial charge in [-0.15, -0.1) is 0 Å². The maximum atomic E-state index is 12.8. The van der Waals surface area contributed by atoms with Crippen LogP contribution in [0.1, 0.15) is 23.4 Å². The van der Waals surface area contributed by atoms with Crippen LogP contribution in [-0.4, -0.2) is 54.0 Å². The van der Waals surface area contributed by atoms with Crippen LogP contribution >= 0.6 is 0 Å². The summed E-state index contributed by atoms with van der Waals surface area (Å²) in [6.45, 7) is 4.79. The Bertz CT molecular complexity index is 1230. The molecule has 1 unspecified atom stereocenters. The Morgan fingerprint density at radius 3 is 2.31 bits per heavy atom. The third-order valence-corrected chi connectivity index (χ3v) is 6.09. The average molecular weight is 490 g/mol. The summed E-state index contributed by atoms with van der Waals surface area (Å²) in [6, 6.07) is 15.0. The summed E-state index contributed by atoms with van der Waals surface area (Å²) in [5, 5.41) is 6.10. The Labute approximate surface area is 210 Å². The molecule has 1 aliphatic rings. The average Bonchev–Trinajstić information content (AvgIpc) is 3.23. The Morgan fingerprint density at radius 2 is 1.64 bits per heavy atom. The highest BCUT2D eigenvalue weighted by Crippen LogP contribution is 2.28. The normalized spacial score (nSPS) is 15.1. The Morgan fingerprint density at radius 1 is 0.972 bits per heavy atom. The van der Waals surface area contributed by atoms with Gasteiger partial charge in [0.1, 0.15) is 0 Å². The summed E-state index contributed by atoms with van der Waals surface area (Å²) in [7, 11) is 3.19. The summed E-state index contributed by atoms with van der Waals surface area (Å²) in [5.41, 5.74) is 4.29. The van der Waals surface area contributed by atoms with Crippen molar-refractivity contribution in [2.75, 3.05) is 37.9 Å². The van der Waals surface area contributed by atoms with Crippen LogP contribution in [0.2, 0.25) is 0 Å². The number of nitrogens with zero attached hydrogens (tertiary/aromatic N) is 3. The SMILES string of the molecule is COc1ccc(CCN2CC(C(=O)Nc3ccc(Nc4nc(C)cc(C)n4)cc3)CC2=O)cc1OC. The molecular formula is C27H31N5O4. The fourth-order valence-electron chi connectivity index (χ4n) is 4.26. The predicted molar refractivity (Wildman–Crippen MR) is 138 cm³/mol. The number of carbonyl (C=O) groups is 2. The molecule has 2 aromatic carbocycles. The lowest BCUT2D eigenvalue weighted by atomic mass is 10.1. The standard InChI is InChI=1S/C27H31N5O4/c1-17-13-18(2)29-27(28-17)31-22-8-6-21(7-9-22)30-26(34)20-15-25(33)32(16-20)12-11-19-5-10-23(35-3)24(14-19)36-4/h5-10,13-14,20H,11-12,15-16H2,1-4H3,(H,30,34)(H,28,29,31). The summed E-state index contributed by atoms with van der Waals surface area (Å²) < 4.78 is 10.6. The summed E-state index contributed by atoms with van der Waals surface area (Å²) >= 11 is 0. The first-order valence-corrected chi connectivity index (χ1v) is 11.8. The van der Waals surface area contributed by atoms with Gasteiger partial charge in [0.05, 0.1) is 20.1 Å². The number of aryl methyl sites for hydroxylation is 2. The van der Waals surface area contributed by atoms with Crippen LogP contribution in [0.15, 0.2) is 48.5 Å². The highest BCUT2D eigenvalue weighted by molar-refractivity contribution is 5.97. The van der Waals surface area contributed by atoms with Crippen molar-refractivity contribution in [3.05, 3.63) is 65.5 Å². The van der Waals surface area contributed by atoms with E-state index in [2.05, 4.69) is 20.6 Å². The molecule has 36 heavy (non-hydrogen) atoms. The molecule has 4 rings (SSSR count). The van der Waals surface area contributed by atoms with E-state index in [0.717, 1.165) is 22.6 Å². The van der Waals surface area contributed by atoms with Gasteiger partial charge in [-0.05, 0) is 68.3 Å². The van der Waals surface area contributed by atoms with Crippen LogP contribution in [-0.2, 0) is 16.0 Å². The second-order valence-electron chi connectivity index (χ2n) is 8.85. The van der Waals surface area contributed by atoms with Crippen molar-refractivity contribution in [1.82, 2.24) is 14.9 Å².